The van der Waals surface area contributed by atoms with Gasteiger partial charge in [0.1, 0.15) is 0 Å². The van der Waals surface area contributed by atoms with Crippen LogP contribution >= 0.6 is 23.8 Å². The molecule has 1 N–H and O–H groups in total. The number of rotatable bonds is 6. The van der Waals surface area contributed by atoms with Gasteiger partial charge in [0.15, 0.2) is 5.11 Å². The number of pyridine rings is 1. The molecule has 0 aliphatic carbocycles. The molecule has 3 aromatic rings. The lowest BCUT2D eigenvalue weighted by Gasteiger charge is -2.28. The van der Waals surface area contributed by atoms with Crippen LogP contribution in [0.2, 0.25) is 5.02 Å². The molecule has 1 aliphatic rings. The number of hydrogen-bond acceptors (Lipinski definition) is 4. The number of halogens is 1. The van der Waals surface area contributed by atoms with Crippen LogP contribution in [0.3, 0.4) is 0 Å². The summed E-state index contributed by atoms with van der Waals surface area (Å²) in [4.78, 5) is 18.4. The first-order valence-electron chi connectivity index (χ1n) is 9.56. The molecule has 1 fully saturated rings. The zero-order chi connectivity index (χ0) is 21.1. The Bertz CT molecular complexity index is 1060. The molecular weight excluding hydrogens is 420 g/mol. The highest BCUT2D eigenvalue weighted by Gasteiger charge is 2.41. The molecule has 0 bridgehead atoms. The van der Waals surface area contributed by atoms with Crippen LogP contribution in [0, 0.1) is 0 Å². The number of carbonyl (C=O) groups excluding carboxylic acids is 1. The number of esters is 1. The van der Waals surface area contributed by atoms with Crippen molar-refractivity contribution in [2.24, 2.45) is 0 Å². The van der Waals surface area contributed by atoms with Crippen LogP contribution < -0.4 is 5.32 Å². The molecule has 0 spiro atoms. The summed E-state index contributed by atoms with van der Waals surface area (Å²) in [5.74, 6) is -0.275. The van der Waals surface area contributed by atoms with E-state index in [0.29, 0.717) is 16.7 Å². The van der Waals surface area contributed by atoms with Gasteiger partial charge in [0.2, 0.25) is 0 Å². The summed E-state index contributed by atoms with van der Waals surface area (Å²) in [6.45, 7) is 0.438. The molecular formula is C22H21ClN4O2S. The maximum absolute atomic E-state index is 11.8. The molecule has 1 aliphatic heterocycles. The number of aromatic nitrogens is 2. The number of hydrogen-bond donors (Lipinski definition) is 1. The van der Waals surface area contributed by atoms with Crippen molar-refractivity contribution < 1.29 is 9.53 Å². The smallest absolute Gasteiger partial charge is 0.307 e. The second kappa shape index (κ2) is 8.85. The van der Waals surface area contributed by atoms with E-state index in [1.165, 1.54) is 7.11 Å². The van der Waals surface area contributed by atoms with Gasteiger partial charge >= 0.3 is 5.97 Å². The van der Waals surface area contributed by atoms with Crippen LogP contribution in [0.15, 0.2) is 67.0 Å². The molecule has 0 radical (unpaired) electrons. The van der Waals surface area contributed by atoms with Crippen molar-refractivity contribution in [1.29, 1.82) is 0 Å². The first kappa shape index (κ1) is 20.4. The zero-order valence-electron chi connectivity index (χ0n) is 16.4. The second-order valence-electron chi connectivity index (χ2n) is 6.93. The number of ether oxygens (including phenoxy) is 1. The summed E-state index contributed by atoms with van der Waals surface area (Å²) in [5, 5.41) is 4.64. The Labute approximate surface area is 185 Å². The maximum atomic E-state index is 11.8. The van der Waals surface area contributed by atoms with Gasteiger partial charge in [-0.05, 0) is 54.7 Å². The van der Waals surface area contributed by atoms with Crippen molar-refractivity contribution in [3.8, 4) is 5.69 Å². The third kappa shape index (κ3) is 4.04. The summed E-state index contributed by atoms with van der Waals surface area (Å²) in [6.07, 6.45) is 4.00. The number of benzene rings is 1. The average Bonchev–Trinajstić information content (AvgIpc) is 3.36. The third-order valence-electron chi connectivity index (χ3n) is 5.15. The van der Waals surface area contributed by atoms with E-state index < -0.39 is 0 Å². The van der Waals surface area contributed by atoms with E-state index in [1.54, 1.807) is 6.20 Å². The van der Waals surface area contributed by atoms with Gasteiger partial charge in [0, 0.05) is 35.3 Å². The highest BCUT2D eigenvalue weighted by Crippen LogP contribution is 2.39. The maximum Gasteiger partial charge on any atom is 0.307 e. The number of nitrogens with zero attached hydrogens (tertiary/aromatic N) is 3. The predicted octanol–water partition coefficient (Wildman–Crippen LogP) is 4.06. The minimum Gasteiger partial charge on any atom is -0.469 e. The van der Waals surface area contributed by atoms with Crippen LogP contribution in [0.4, 0.5) is 0 Å². The molecule has 154 valence electrons. The van der Waals surface area contributed by atoms with Crippen molar-refractivity contribution in [2.75, 3.05) is 13.7 Å². The lowest BCUT2D eigenvalue weighted by molar-refractivity contribution is -0.140. The Hall–Kier alpha value is -2.90. The highest BCUT2D eigenvalue weighted by atomic mass is 35.5. The summed E-state index contributed by atoms with van der Waals surface area (Å²) < 4.78 is 6.92. The third-order valence-corrected chi connectivity index (χ3v) is 5.74. The van der Waals surface area contributed by atoms with Crippen LogP contribution in [-0.4, -0.2) is 39.2 Å². The van der Waals surface area contributed by atoms with Gasteiger partial charge in [-0.1, -0.05) is 23.7 Å². The fourth-order valence-corrected chi connectivity index (χ4v) is 4.29. The van der Waals surface area contributed by atoms with Gasteiger partial charge in [-0.15, -0.1) is 0 Å². The molecule has 2 aromatic heterocycles. The van der Waals surface area contributed by atoms with E-state index in [-0.39, 0.29) is 24.5 Å². The molecule has 8 heteroatoms. The first-order chi connectivity index (χ1) is 14.6. The van der Waals surface area contributed by atoms with Crippen molar-refractivity contribution >= 4 is 34.9 Å². The zero-order valence-corrected chi connectivity index (χ0v) is 17.9. The van der Waals surface area contributed by atoms with Crippen LogP contribution in [0.5, 0.6) is 0 Å². The Morgan fingerprint density at radius 2 is 2.10 bits per heavy atom. The van der Waals surface area contributed by atoms with Crippen LogP contribution in [0.1, 0.15) is 29.9 Å². The number of methoxy groups -OCH3 is 1. The van der Waals surface area contributed by atoms with Gasteiger partial charge in [-0.3, -0.25) is 9.78 Å². The molecule has 4 rings (SSSR count). The van der Waals surface area contributed by atoms with Crippen molar-refractivity contribution in [3.63, 3.8) is 0 Å². The van der Waals surface area contributed by atoms with Gasteiger partial charge in [0.05, 0.1) is 31.3 Å². The first-order valence-corrected chi connectivity index (χ1v) is 10.3. The average molecular weight is 441 g/mol. The number of thiocarbonyl (C=S) groups is 1. The summed E-state index contributed by atoms with van der Waals surface area (Å²) >= 11 is 11.9. The molecule has 30 heavy (non-hydrogen) atoms. The molecule has 3 heterocycles. The van der Waals surface area contributed by atoms with Gasteiger partial charge in [-0.25, -0.2) is 0 Å². The molecule has 6 nitrogen and oxygen atoms in total. The van der Waals surface area contributed by atoms with E-state index >= 15 is 0 Å². The number of carbonyl (C=O) groups is 1. The minimum absolute atomic E-state index is 0.161. The van der Waals surface area contributed by atoms with E-state index in [2.05, 4.69) is 20.9 Å². The minimum atomic E-state index is -0.275. The largest absolute Gasteiger partial charge is 0.469 e. The van der Waals surface area contributed by atoms with Crippen molar-refractivity contribution in [3.05, 3.63) is 83.4 Å². The Balaban J connectivity index is 1.76. The molecule has 1 aromatic carbocycles. The molecule has 0 amide bonds. The SMILES string of the molecule is COC(=O)CCN1C(=S)NC(c2ccccn2)C1c1cccn1-c1cccc(Cl)c1. The van der Waals surface area contributed by atoms with Crippen LogP contribution in [0.25, 0.3) is 5.69 Å². The molecule has 2 atom stereocenters. The van der Waals surface area contributed by atoms with Gasteiger partial charge in [-0.2, -0.15) is 0 Å². The lowest BCUT2D eigenvalue weighted by atomic mass is 10.0. The Morgan fingerprint density at radius 3 is 2.83 bits per heavy atom. The predicted molar refractivity (Wildman–Crippen MR) is 120 cm³/mol. The highest BCUT2D eigenvalue weighted by molar-refractivity contribution is 7.80. The number of nitrogens with one attached hydrogen (secondary N) is 1. The normalized spacial score (nSPS) is 18.3. The summed E-state index contributed by atoms with van der Waals surface area (Å²) in [5.41, 5.74) is 2.85. The van der Waals surface area contributed by atoms with Gasteiger partial charge in [0.25, 0.3) is 0 Å². The van der Waals surface area contributed by atoms with E-state index in [9.17, 15) is 4.79 Å². The molecule has 0 saturated carbocycles. The Kier molecular flexibility index (Phi) is 6.01. The van der Waals surface area contributed by atoms with Gasteiger partial charge < -0.3 is 19.5 Å². The van der Waals surface area contributed by atoms with Crippen molar-refractivity contribution in [1.82, 2.24) is 19.8 Å². The van der Waals surface area contributed by atoms with Crippen LogP contribution in [-0.2, 0) is 9.53 Å². The quantitative estimate of drug-likeness (QED) is 0.460. The monoisotopic (exact) mass is 440 g/mol. The summed E-state index contributed by atoms with van der Waals surface area (Å²) in [7, 11) is 1.39. The molecule has 1 saturated heterocycles. The fourth-order valence-electron chi connectivity index (χ4n) is 3.78. The topological polar surface area (TPSA) is 59.4 Å². The van der Waals surface area contributed by atoms with E-state index in [1.807, 2.05) is 59.6 Å². The lowest BCUT2D eigenvalue weighted by Crippen LogP contribution is -2.32. The van der Waals surface area contributed by atoms with Crippen molar-refractivity contribution in [2.45, 2.75) is 18.5 Å². The molecule has 2 unspecified atom stereocenters. The van der Waals surface area contributed by atoms with E-state index in [4.69, 9.17) is 28.6 Å². The Morgan fingerprint density at radius 1 is 1.23 bits per heavy atom. The van der Waals surface area contributed by atoms with E-state index in [0.717, 1.165) is 17.1 Å². The fraction of sp³-hybridized carbons (Fsp3) is 0.227. The standard InChI is InChI=1S/C22H21ClN4O2S/c1-29-19(28)10-13-27-21(20(25-22(27)30)17-8-2-3-11-24-17)18-9-5-12-26(18)16-7-4-6-15(23)14-16/h2-9,11-12,14,20-21H,10,13H2,1H3,(H,25,30). The summed E-state index contributed by atoms with van der Waals surface area (Å²) in [6, 6.07) is 17.2. The second-order valence-corrected chi connectivity index (χ2v) is 7.75.